The maximum atomic E-state index is 13.2. The van der Waals surface area contributed by atoms with Gasteiger partial charge in [-0.1, -0.05) is 0 Å². The number of halogens is 2. The number of hydrogen-bond acceptors (Lipinski definition) is 3. The molecule has 0 unspecified atom stereocenters. The molecule has 0 fully saturated rings. The lowest BCUT2D eigenvalue weighted by molar-refractivity contribution is 0.551. The molecule has 0 heterocycles. The van der Waals surface area contributed by atoms with Gasteiger partial charge in [0.2, 0.25) is 10.0 Å². The van der Waals surface area contributed by atoms with Crippen LogP contribution in [0.15, 0.2) is 17.0 Å². The molecule has 3 N–H and O–H groups in total. The van der Waals surface area contributed by atoms with E-state index in [4.69, 9.17) is 5.73 Å². The maximum Gasteiger partial charge on any atom is 0.243 e. The molecule has 0 aromatic heterocycles. The van der Waals surface area contributed by atoms with E-state index < -0.39 is 32.2 Å². The number of nitrogens with one attached hydrogen (secondary N) is 1. The molecule has 1 aromatic rings. The van der Waals surface area contributed by atoms with E-state index in [2.05, 4.69) is 0 Å². The molecule has 0 aliphatic rings. The lowest BCUT2D eigenvalue weighted by Gasteiger charge is -2.05. The number of nitrogens with two attached hydrogens (primary N) is 1. The van der Waals surface area contributed by atoms with Crippen molar-refractivity contribution < 1.29 is 17.2 Å². The average molecular weight is 222 g/mol. The topological polar surface area (TPSA) is 72.2 Å². The number of benzene rings is 1. The molecule has 14 heavy (non-hydrogen) atoms. The van der Waals surface area contributed by atoms with Gasteiger partial charge < -0.3 is 5.73 Å². The van der Waals surface area contributed by atoms with Crippen LogP contribution in [0.2, 0.25) is 0 Å². The second-order valence-electron chi connectivity index (χ2n) is 2.48. The van der Waals surface area contributed by atoms with Gasteiger partial charge in [0.25, 0.3) is 0 Å². The molecule has 0 spiro atoms. The summed E-state index contributed by atoms with van der Waals surface area (Å²) in [6.07, 6.45) is 0. The molecule has 0 bridgehead atoms. The number of hydrogen-bond donors (Lipinski definition) is 2. The molecule has 78 valence electrons. The van der Waals surface area contributed by atoms with Gasteiger partial charge in [0.15, 0.2) is 5.82 Å². The van der Waals surface area contributed by atoms with Crippen molar-refractivity contribution in [3.63, 3.8) is 0 Å². The molecule has 0 amide bonds. The number of nitrogen functional groups attached to an aromatic ring is 1. The molecule has 0 saturated heterocycles. The van der Waals surface area contributed by atoms with Gasteiger partial charge in [-0.3, -0.25) is 0 Å². The van der Waals surface area contributed by atoms with E-state index in [-0.39, 0.29) is 0 Å². The zero-order chi connectivity index (χ0) is 10.9. The minimum absolute atomic E-state index is 0.668. The average Bonchev–Trinajstić information content (AvgIpc) is 2.14. The van der Waals surface area contributed by atoms with Crippen molar-refractivity contribution in [2.45, 2.75) is 4.90 Å². The number of rotatable bonds is 2. The van der Waals surface area contributed by atoms with Gasteiger partial charge in [0, 0.05) is 0 Å². The van der Waals surface area contributed by atoms with Crippen LogP contribution in [0.3, 0.4) is 0 Å². The Balaban J connectivity index is 3.47. The Kier molecular flexibility index (Phi) is 2.72. The minimum Gasteiger partial charge on any atom is -0.394 e. The molecular formula is C7H8F2N2O2S. The zero-order valence-electron chi connectivity index (χ0n) is 7.21. The van der Waals surface area contributed by atoms with E-state index in [9.17, 15) is 17.2 Å². The lowest BCUT2D eigenvalue weighted by Crippen LogP contribution is -2.20. The second kappa shape index (κ2) is 3.50. The van der Waals surface area contributed by atoms with Crippen LogP contribution in [0.1, 0.15) is 0 Å². The van der Waals surface area contributed by atoms with E-state index in [1.165, 1.54) is 0 Å². The van der Waals surface area contributed by atoms with Crippen LogP contribution < -0.4 is 10.5 Å². The Morgan fingerprint density at radius 1 is 1.36 bits per heavy atom. The van der Waals surface area contributed by atoms with Crippen molar-refractivity contribution in [2.24, 2.45) is 0 Å². The molecule has 0 saturated carbocycles. The Hall–Kier alpha value is -1.21. The SMILES string of the molecule is CNS(=O)(=O)c1ccc(F)c(N)c1F. The first-order valence-electron chi connectivity index (χ1n) is 3.57. The molecule has 0 atom stereocenters. The van der Waals surface area contributed by atoms with Gasteiger partial charge in [-0.2, -0.15) is 0 Å². The van der Waals surface area contributed by atoms with E-state index >= 15 is 0 Å². The molecule has 0 radical (unpaired) electrons. The van der Waals surface area contributed by atoms with Gasteiger partial charge in [-0.25, -0.2) is 21.9 Å². The number of sulfonamides is 1. The monoisotopic (exact) mass is 222 g/mol. The van der Waals surface area contributed by atoms with Crippen LogP contribution in [0.4, 0.5) is 14.5 Å². The van der Waals surface area contributed by atoms with Crippen LogP contribution in [0.25, 0.3) is 0 Å². The van der Waals surface area contributed by atoms with Crippen LogP contribution in [0, 0.1) is 11.6 Å². The summed E-state index contributed by atoms with van der Waals surface area (Å²) in [6.45, 7) is 0. The molecule has 7 heteroatoms. The third-order valence-electron chi connectivity index (χ3n) is 1.65. The predicted molar refractivity (Wildman–Crippen MR) is 47.0 cm³/mol. The first-order chi connectivity index (χ1) is 6.40. The highest BCUT2D eigenvalue weighted by Gasteiger charge is 2.20. The minimum atomic E-state index is -3.94. The van der Waals surface area contributed by atoms with Crippen LogP contribution in [-0.4, -0.2) is 15.5 Å². The van der Waals surface area contributed by atoms with Gasteiger partial charge in [-0.15, -0.1) is 0 Å². The maximum absolute atomic E-state index is 13.2. The molecule has 0 aliphatic heterocycles. The summed E-state index contributed by atoms with van der Waals surface area (Å²) in [7, 11) is -2.82. The Bertz CT molecular complexity index is 459. The molecule has 1 aromatic carbocycles. The third-order valence-corrected chi connectivity index (χ3v) is 3.08. The van der Waals surface area contributed by atoms with Gasteiger partial charge >= 0.3 is 0 Å². The summed E-state index contributed by atoms with van der Waals surface area (Å²) < 4.78 is 50.0. The quantitative estimate of drug-likeness (QED) is 0.714. The van der Waals surface area contributed by atoms with E-state index in [0.29, 0.717) is 0 Å². The second-order valence-corrected chi connectivity index (χ2v) is 4.34. The van der Waals surface area contributed by atoms with Crippen molar-refractivity contribution in [3.8, 4) is 0 Å². The fourth-order valence-electron chi connectivity index (χ4n) is 0.867. The fraction of sp³-hybridized carbons (Fsp3) is 0.143. The Morgan fingerprint density at radius 2 is 1.93 bits per heavy atom. The summed E-state index contributed by atoms with van der Waals surface area (Å²) in [6, 6.07) is 1.61. The van der Waals surface area contributed by atoms with Gasteiger partial charge in [0.1, 0.15) is 16.4 Å². The van der Waals surface area contributed by atoms with Crippen LogP contribution in [0.5, 0.6) is 0 Å². The molecule has 0 aliphatic carbocycles. The molecular weight excluding hydrogens is 214 g/mol. The van der Waals surface area contributed by atoms with Gasteiger partial charge in [0.05, 0.1) is 0 Å². The summed E-state index contributed by atoms with van der Waals surface area (Å²) in [5.74, 6) is -2.27. The Labute approximate surface area is 79.8 Å². The first kappa shape index (κ1) is 10.9. The number of anilines is 1. The van der Waals surface area contributed by atoms with Crippen molar-refractivity contribution in [3.05, 3.63) is 23.8 Å². The first-order valence-corrected chi connectivity index (χ1v) is 5.05. The smallest absolute Gasteiger partial charge is 0.243 e. The molecule has 1 rings (SSSR count). The van der Waals surface area contributed by atoms with E-state index in [1.54, 1.807) is 0 Å². The normalized spacial score (nSPS) is 11.6. The predicted octanol–water partition coefficient (Wildman–Crippen LogP) is 0.455. The van der Waals surface area contributed by atoms with Crippen molar-refractivity contribution in [2.75, 3.05) is 12.8 Å². The third kappa shape index (κ3) is 1.68. The fourth-order valence-corrected chi connectivity index (χ4v) is 1.68. The van der Waals surface area contributed by atoms with Crippen molar-refractivity contribution in [1.29, 1.82) is 0 Å². The highest BCUT2D eigenvalue weighted by atomic mass is 32.2. The van der Waals surface area contributed by atoms with E-state index in [0.717, 1.165) is 19.2 Å². The van der Waals surface area contributed by atoms with Crippen LogP contribution in [-0.2, 0) is 10.0 Å². The largest absolute Gasteiger partial charge is 0.394 e. The molecule has 4 nitrogen and oxygen atoms in total. The highest BCUT2D eigenvalue weighted by molar-refractivity contribution is 7.89. The van der Waals surface area contributed by atoms with E-state index in [1.807, 2.05) is 4.72 Å². The summed E-state index contributed by atoms with van der Waals surface area (Å²) in [4.78, 5) is -0.668. The lowest BCUT2D eigenvalue weighted by atomic mass is 10.3. The standard InChI is InChI=1S/C7H8F2N2O2S/c1-11-14(12,13)5-3-2-4(8)7(10)6(5)9/h2-3,11H,10H2,1H3. The summed E-state index contributed by atoms with van der Waals surface area (Å²) in [5, 5.41) is 0. The Morgan fingerprint density at radius 3 is 2.43 bits per heavy atom. The summed E-state index contributed by atoms with van der Waals surface area (Å²) in [5.41, 5.74) is 4.19. The van der Waals surface area contributed by atoms with Crippen molar-refractivity contribution in [1.82, 2.24) is 4.72 Å². The zero-order valence-corrected chi connectivity index (χ0v) is 8.03. The van der Waals surface area contributed by atoms with Gasteiger partial charge in [-0.05, 0) is 19.2 Å². The highest BCUT2D eigenvalue weighted by Crippen LogP contribution is 2.22. The van der Waals surface area contributed by atoms with Crippen molar-refractivity contribution >= 4 is 15.7 Å². The van der Waals surface area contributed by atoms with Crippen LogP contribution >= 0.6 is 0 Å². The summed E-state index contributed by atoms with van der Waals surface area (Å²) >= 11 is 0.